The fourth-order valence-electron chi connectivity index (χ4n) is 1.83. The Balaban J connectivity index is 1.90. The zero-order valence-electron chi connectivity index (χ0n) is 10.6. The maximum Gasteiger partial charge on any atom is 0.357 e. The number of aromatic hydroxyl groups is 1. The van der Waals surface area contributed by atoms with Gasteiger partial charge >= 0.3 is 5.97 Å². The van der Waals surface area contributed by atoms with E-state index in [9.17, 15) is 4.79 Å². The lowest BCUT2D eigenvalue weighted by molar-refractivity contribution is -0.134. The van der Waals surface area contributed by atoms with Crippen molar-refractivity contribution >= 4 is 29.5 Å². The van der Waals surface area contributed by atoms with Crippen LogP contribution in [0.25, 0.3) is 12.2 Å². The van der Waals surface area contributed by atoms with Crippen LogP contribution >= 0.6 is 0 Å². The number of hydrogen-bond donors (Lipinski definition) is 1. The molecular formula is C14H11NO5. The first kappa shape index (κ1) is 12.3. The lowest BCUT2D eigenvalue weighted by atomic mass is 10.4. The number of furan rings is 2. The first-order valence-electron chi connectivity index (χ1n) is 6.03. The van der Waals surface area contributed by atoms with Crippen LogP contribution in [0.1, 0.15) is 12.7 Å². The van der Waals surface area contributed by atoms with Gasteiger partial charge in [0.25, 0.3) is 5.95 Å². The van der Waals surface area contributed by atoms with Gasteiger partial charge in [-0.3, -0.25) is 0 Å². The number of esters is 1. The Labute approximate surface area is 113 Å². The van der Waals surface area contributed by atoms with E-state index in [1.165, 1.54) is 12.1 Å². The predicted octanol–water partition coefficient (Wildman–Crippen LogP) is 0.837. The van der Waals surface area contributed by atoms with Crippen molar-refractivity contribution < 1.29 is 23.5 Å². The zero-order chi connectivity index (χ0) is 14.1. The smallest absolute Gasteiger partial charge is 0.357 e. The molecule has 0 aliphatic carbocycles. The molecular weight excluding hydrogens is 262 g/mol. The molecule has 6 nitrogen and oxygen atoms in total. The molecule has 1 aliphatic rings. The number of aliphatic imine (C=N–C) groups is 1. The number of hydrogen-bond acceptors (Lipinski definition) is 6. The normalized spacial score (nSPS) is 13.8. The van der Waals surface area contributed by atoms with Crippen LogP contribution in [0.2, 0.25) is 0 Å². The molecule has 3 heterocycles. The van der Waals surface area contributed by atoms with Crippen molar-refractivity contribution in [2.75, 3.05) is 6.61 Å². The monoisotopic (exact) mass is 273 g/mol. The number of fused-ring (bicyclic) bond motifs is 1. The van der Waals surface area contributed by atoms with Crippen LogP contribution in [-0.4, -0.2) is 23.4 Å². The molecule has 2 aromatic heterocycles. The average molecular weight is 273 g/mol. The Morgan fingerprint density at radius 3 is 2.95 bits per heavy atom. The van der Waals surface area contributed by atoms with E-state index in [1.54, 1.807) is 25.1 Å². The van der Waals surface area contributed by atoms with Crippen LogP contribution in [-0.2, 0) is 9.53 Å². The highest BCUT2D eigenvalue weighted by molar-refractivity contribution is 6.49. The largest absolute Gasteiger partial charge is 0.481 e. The molecule has 1 aliphatic heterocycles. The van der Waals surface area contributed by atoms with Gasteiger partial charge in [-0.05, 0) is 13.0 Å². The highest BCUT2D eigenvalue weighted by Gasteiger charge is 2.17. The first-order chi connectivity index (χ1) is 9.65. The third kappa shape index (κ3) is 2.23. The highest BCUT2D eigenvalue weighted by Crippen LogP contribution is 2.14. The second-order valence-electron chi connectivity index (χ2n) is 4.08. The third-order valence-electron chi connectivity index (χ3n) is 2.65. The highest BCUT2D eigenvalue weighted by atomic mass is 16.5. The van der Waals surface area contributed by atoms with Gasteiger partial charge < -0.3 is 18.7 Å². The molecule has 0 spiro atoms. The number of carbonyl (C=O) groups is 1. The van der Waals surface area contributed by atoms with Gasteiger partial charge in [-0.1, -0.05) is 0 Å². The van der Waals surface area contributed by atoms with Crippen molar-refractivity contribution in [3.63, 3.8) is 0 Å². The first-order valence-corrected chi connectivity index (χ1v) is 6.03. The minimum absolute atomic E-state index is 0.162. The third-order valence-corrected chi connectivity index (χ3v) is 2.65. The van der Waals surface area contributed by atoms with E-state index in [-0.39, 0.29) is 11.7 Å². The quantitative estimate of drug-likeness (QED) is 0.837. The summed E-state index contributed by atoms with van der Waals surface area (Å²) in [4.78, 5) is 15.6. The molecule has 20 heavy (non-hydrogen) atoms. The standard InChI is InChI=1S/C14H11NO5/c1-2-18-14(17)11-7-12-10(15-11)6-9(19-12)5-8-3-4-13(16)20-8/h3-7,16H,2H2,1H3/b9-5+. The van der Waals surface area contributed by atoms with Crippen LogP contribution < -0.4 is 10.8 Å². The summed E-state index contributed by atoms with van der Waals surface area (Å²) in [7, 11) is 0. The fourth-order valence-corrected chi connectivity index (χ4v) is 1.83. The summed E-state index contributed by atoms with van der Waals surface area (Å²) in [5, 5.41) is 9.10. The Hall–Kier alpha value is -2.76. The van der Waals surface area contributed by atoms with Crippen LogP contribution in [0, 0.1) is 0 Å². The van der Waals surface area contributed by atoms with E-state index < -0.39 is 5.97 Å². The summed E-state index contributed by atoms with van der Waals surface area (Å²) in [5.74, 6) is -0.172. The summed E-state index contributed by atoms with van der Waals surface area (Å²) < 4.78 is 15.4. The van der Waals surface area contributed by atoms with E-state index in [0.29, 0.717) is 28.9 Å². The van der Waals surface area contributed by atoms with Crippen molar-refractivity contribution in [2.24, 2.45) is 4.99 Å². The molecule has 3 rings (SSSR count). The molecule has 0 saturated carbocycles. The maximum absolute atomic E-state index is 11.5. The lowest BCUT2D eigenvalue weighted by Crippen LogP contribution is -2.14. The predicted molar refractivity (Wildman–Crippen MR) is 70.1 cm³/mol. The summed E-state index contributed by atoms with van der Waals surface area (Å²) in [5.41, 5.74) is 1.81. The number of nitrogens with zero attached hydrogens (tertiary/aromatic N) is 1. The van der Waals surface area contributed by atoms with E-state index in [1.807, 2.05) is 0 Å². The second-order valence-corrected chi connectivity index (χ2v) is 4.08. The van der Waals surface area contributed by atoms with E-state index in [0.717, 1.165) is 0 Å². The van der Waals surface area contributed by atoms with Crippen LogP contribution in [0.4, 0.5) is 5.69 Å². The van der Waals surface area contributed by atoms with E-state index in [2.05, 4.69) is 4.99 Å². The Morgan fingerprint density at radius 2 is 2.30 bits per heavy atom. The molecule has 0 saturated heterocycles. The van der Waals surface area contributed by atoms with Gasteiger partial charge in [-0.25, -0.2) is 9.79 Å². The van der Waals surface area contributed by atoms with Crippen molar-refractivity contribution in [2.45, 2.75) is 6.92 Å². The van der Waals surface area contributed by atoms with Gasteiger partial charge in [-0.15, -0.1) is 0 Å². The number of carbonyl (C=O) groups excluding carboxylic acids is 1. The molecule has 1 N–H and O–H groups in total. The summed E-state index contributed by atoms with van der Waals surface area (Å²) in [6.07, 6.45) is 3.15. The molecule has 0 atom stereocenters. The minimum atomic E-state index is -0.472. The van der Waals surface area contributed by atoms with Gasteiger partial charge in [0, 0.05) is 24.3 Å². The lowest BCUT2D eigenvalue weighted by Gasteiger charge is -1.97. The van der Waals surface area contributed by atoms with Crippen molar-refractivity contribution in [1.29, 1.82) is 0 Å². The Kier molecular flexibility index (Phi) is 2.90. The summed E-state index contributed by atoms with van der Waals surface area (Å²) >= 11 is 0. The van der Waals surface area contributed by atoms with Gasteiger partial charge in [0.1, 0.15) is 16.9 Å². The van der Waals surface area contributed by atoms with Gasteiger partial charge in [0.2, 0.25) is 0 Å². The van der Waals surface area contributed by atoms with Gasteiger partial charge in [0.05, 0.1) is 6.61 Å². The number of rotatable bonds is 3. The minimum Gasteiger partial charge on any atom is -0.481 e. The fraction of sp³-hybridized carbons (Fsp3) is 0.143. The van der Waals surface area contributed by atoms with E-state index in [4.69, 9.17) is 18.7 Å². The van der Waals surface area contributed by atoms with Crippen molar-refractivity contribution in [3.8, 4) is 5.95 Å². The SMILES string of the molecule is CCOC(=O)C1=Nc2c/c(=C\c3ccc(O)o3)oc2=C1. The van der Waals surface area contributed by atoms with Crippen molar-refractivity contribution in [3.05, 3.63) is 34.8 Å². The van der Waals surface area contributed by atoms with Crippen LogP contribution in [0.5, 0.6) is 5.95 Å². The molecule has 0 fully saturated rings. The van der Waals surface area contributed by atoms with Crippen LogP contribution in [0.3, 0.4) is 0 Å². The topological polar surface area (TPSA) is 85.2 Å². The molecule has 0 bridgehead atoms. The van der Waals surface area contributed by atoms with Crippen LogP contribution in [0.15, 0.2) is 32.0 Å². The van der Waals surface area contributed by atoms with Gasteiger partial charge in [0.15, 0.2) is 11.1 Å². The Morgan fingerprint density at radius 1 is 1.45 bits per heavy atom. The molecule has 102 valence electrons. The summed E-state index contributed by atoms with van der Waals surface area (Å²) in [6, 6.07) is 4.73. The molecule has 2 aromatic rings. The average Bonchev–Trinajstić information content (AvgIpc) is 3.04. The summed E-state index contributed by atoms with van der Waals surface area (Å²) in [6.45, 7) is 2.03. The number of ether oxygens (including phenoxy) is 1. The maximum atomic E-state index is 11.5. The van der Waals surface area contributed by atoms with Gasteiger partial charge in [-0.2, -0.15) is 0 Å². The van der Waals surface area contributed by atoms with Crippen molar-refractivity contribution in [1.82, 2.24) is 0 Å². The molecule has 0 aromatic carbocycles. The molecule has 0 radical (unpaired) electrons. The molecule has 0 amide bonds. The second kappa shape index (κ2) is 4.73. The molecule has 6 heteroatoms. The van der Waals surface area contributed by atoms with E-state index >= 15 is 0 Å². The zero-order valence-corrected chi connectivity index (χ0v) is 10.6. The molecule has 0 unspecified atom stereocenters. The Bertz CT molecular complexity index is 809.